The number of rotatable bonds is 4. The number of para-hydroxylation sites is 1. The van der Waals surface area contributed by atoms with Gasteiger partial charge in [0.1, 0.15) is 5.69 Å². The van der Waals surface area contributed by atoms with Crippen LogP contribution in [0.2, 0.25) is 0 Å². The Kier molecular flexibility index (Phi) is 3.20. The number of carbonyl (C=O) groups excluding carboxylic acids is 1. The van der Waals surface area contributed by atoms with Crippen molar-refractivity contribution in [2.45, 2.75) is 6.42 Å². The molecule has 110 valence electrons. The minimum Gasteiger partial charge on any atom is -0.361 e. The Hall–Kier alpha value is -2.53. The van der Waals surface area contributed by atoms with Crippen molar-refractivity contribution in [1.82, 2.24) is 15.3 Å². The van der Waals surface area contributed by atoms with Crippen LogP contribution in [0.1, 0.15) is 16.1 Å². The molecule has 0 atom stereocenters. The first-order valence-corrected chi connectivity index (χ1v) is 8.08. The number of benzene rings is 1. The monoisotopic (exact) mass is 309 g/mol. The molecule has 0 fully saturated rings. The molecule has 0 radical (unpaired) electrons. The maximum atomic E-state index is 12.2. The first kappa shape index (κ1) is 13.2. The summed E-state index contributed by atoms with van der Waals surface area (Å²) in [6, 6.07) is 12.1. The lowest BCUT2D eigenvalue weighted by atomic mass is 10.1. The predicted octanol–water partition coefficient (Wildman–Crippen LogP) is 3.68. The number of hydrogen-bond acceptors (Lipinski definition) is 2. The lowest BCUT2D eigenvalue weighted by molar-refractivity contribution is 0.0950. The Morgan fingerprint density at radius 2 is 2.09 bits per heavy atom. The molecule has 0 saturated heterocycles. The summed E-state index contributed by atoms with van der Waals surface area (Å²) >= 11 is 1.63. The van der Waals surface area contributed by atoms with Gasteiger partial charge >= 0.3 is 0 Å². The lowest BCUT2D eigenvalue weighted by Crippen LogP contribution is -2.25. The molecule has 0 saturated carbocycles. The molecule has 1 amide bonds. The van der Waals surface area contributed by atoms with E-state index in [0.717, 1.165) is 22.2 Å². The van der Waals surface area contributed by atoms with Crippen molar-refractivity contribution in [2.24, 2.45) is 0 Å². The van der Waals surface area contributed by atoms with Gasteiger partial charge in [0.05, 0.1) is 10.2 Å². The second-order valence-electron chi connectivity index (χ2n) is 5.25. The molecule has 3 N–H and O–H groups in total. The van der Waals surface area contributed by atoms with Gasteiger partial charge in [-0.25, -0.2) is 0 Å². The molecule has 1 aromatic carbocycles. The van der Waals surface area contributed by atoms with Crippen molar-refractivity contribution in [2.75, 3.05) is 6.54 Å². The summed E-state index contributed by atoms with van der Waals surface area (Å²) in [5, 5.41) is 6.21. The zero-order valence-electron chi connectivity index (χ0n) is 11.8. The van der Waals surface area contributed by atoms with E-state index in [0.29, 0.717) is 12.2 Å². The summed E-state index contributed by atoms with van der Waals surface area (Å²) in [7, 11) is 0. The molecule has 3 heterocycles. The van der Waals surface area contributed by atoms with Gasteiger partial charge in [0.15, 0.2) is 0 Å². The van der Waals surface area contributed by atoms with Crippen LogP contribution >= 0.6 is 11.3 Å². The largest absolute Gasteiger partial charge is 0.361 e. The smallest absolute Gasteiger partial charge is 0.267 e. The van der Waals surface area contributed by atoms with E-state index in [1.54, 1.807) is 11.3 Å². The molecule has 5 heteroatoms. The van der Waals surface area contributed by atoms with Crippen molar-refractivity contribution in [3.8, 4) is 0 Å². The summed E-state index contributed by atoms with van der Waals surface area (Å²) in [6.45, 7) is 0.618. The van der Waals surface area contributed by atoms with Gasteiger partial charge in [-0.2, -0.15) is 0 Å². The molecule has 22 heavy (non-hydrogen) atoms. The molecule has 4 rings (SSSR count). The highest BCUT2D eigenvalue weighted by molar-refractivity contribution is 7.17. The Labute approximate surface area is 131 Å². The topological polar surface area (TPSA) is 60.7 Å². The van der Waals surface area contributed by atoms with E-state index in [-0.39, 0.29) is 5.91 Å². The van der Waals surface area contributed by atoms with Gasteiger partial charge in [-0.1, -0.05) is 18.2 Å². The standard InChI is InChI=1S/C17H15N3OS/c21-17(15-9-16-14(20-15)6-8-22-16)18-7-5-11-10-19-13-4-2-1-3-12(11)13/h1-4,6,8-10,19-20H,5,7H2,(H,18,21). The molecule has 0 unspecified atom stereocenters. The van der Waals surface area contributed by atoms with E-state index in [9.17, 15) is 4.79 Å². The number of fused-ring (bicyclic) bond motifs is 2. The fraction of sp³-hybridized carbons (Fsp3) is 0.118. The molecule has 0 aliphatic carbocycles. The third kappa shape index (κ3) is 2.29. The van der Waals surface area contributed by atoms with Gasteiger partial charge in [-0.15, -0.1) is 11.3 Å². The maximum Gasteiger partial charge on any atom is 0.267 e. The molecule has 0 aliphatic rings. The molecular formula is C17H15N3OS. The van der Waals surface area contributed by atoms with Crippen LogP contribution in [0, 0.1) is 0 Å². The highest BCUT2D eigenvalue weighted by Gasteiger charge is 2.10. The SMILES string of the molecule is O=C(NCCc1c[nH]c2ccccc12)c1cc2sccc2[nH]1. The number of aromatic nitrogens is 2. The molecule has 0 spiro atoms. The van der Waals surface area contributed by atoms with E-state index in [4.69, 9.17) is 0 Å². The van der Waals surface area contributed by atoms with Gasteiger partial charge in [-0.3, -0.25) is 4.79 Å². The van der Waals surface area contributed by atoms with E-state index in [1.165, 1.54) is 10.9 Å². The predicted molar refractivity (Wildman–Crippen MR) is 90.5 cm³/mol. The van der Waals surface area contributed by atoms with Gasteiger partial charge in [-0.05, 0) is 35.6 Å². The van der Waals surface area contributed by atoms with Gasteiger partial charge in [0.2, 0.25) is 0 Å². The van der Waals surface area contributed by atoms with Crippen LogP contribution in [0.5, 0.6) is 0 Å². The summed E-state index contributed by atoms with van der Waals surface area (Å²) < 4.78 is 1.11. The van der Waals surface area contributed by atoms with Crippen molar-refractivity contribution >= 4 is 38.4 Å². The Morgan fingerprint density at radius 3 is 3.00 bits per heavy atom. The second-order valence-corrected chi connectivity index (χ2v) is 6.19. The fourth-order valence-electron chi connectivity index (χ4n) is 2.71. The van der Waals surface area contributed by atoms with Crippen LogP contribution < -0.4 is 5.32 Å². The minimum atomic E-state index is -0.0526. The van der Waals surface area contributed by atoms with E-state index in [2.05, 4.69) is 27.4 Å². The van der Waals surface area contributed by atoms with E-state index < -0.39 is 0 Å². The highest BCUT2D eigenvalue weighted by Crippen LogP contribution is 2.21. The van der Waals surface area contributed by atoms with Crippen LogP contribution in [-0.2, 0) is 6.42 Å². The number of H-pyrrole nitrogens is 2. The van der Waals surface area contributed by atoms with Gasteiger partial charge in [0, 0.05) is 23.6 Å². The molecule has 4 aromatic rings. The normalized spacial score (nSPS) is 11.3. The molecule has 0 bridgehead atoms. The van der Waals surface area contributed by atoms with Crippen molar-refractivity contribution in [3.05, 3.63) is 59.2 Å². The molecule has 0 aliphatic heterocycles. The molecular weight excluding hydrogens is 294 g/mol. The van der Waals surface area contributed by atoms with E-state index >= 15 is 0 Å². The van der Waals surface area contributed by atoms with Crippen molar-refractivity contribution in [3.63, 3.8) is 0 Å². The number of carbonyl (C=O) groups is 1. The quantitative estimate of drug-likeness (QED) is 0.529. The average molecular weight is 309 g/mol. The first-order chi connectivity index (χ1) is 10.8. The number of thiophene rings is 1. The highest BCUT2D eigenvalue weighted by atomic mass is 32.1. The Morgan fingerprint density at radius 1 is 1.18 bits per heavy atom. The number of hydrogen-bond donors (Lipinski definition) is 3. The summed E-state index contributed by atoms with van der Waals surface area (Å²) in [6.07, 6.45) is 2.83. The molecule has 4 nitrogen and oxygen atoms in total. The zero-order valence-corrected chi connectivity index (χ0v) is 12.7. The van der Waals surface area contributed by atoms with Crippen LogP contribution in [0.25, 0.3) is 21.1 Å². The van der Waals surface area contributed by atoms with E-state index in [1.807, 2.05) is 35.8 Å². The fourth-order valence-corrected chi connectivity index (χ4v) is 3.50. The lowest BCUT2D eigenvalue weighted by Gasteiger charge is -2.03. The number of nitrogens with one attached hydrogen (secondary N) is 3. The third-order valence-electron chi connectivity index (χ3n) is 3.84. The van der Waals surface area contributed by atoms with Crippen molar-refractivity contribution in [1.29, 1.82) is 0 Å². The number of amides is 1. The zero-order chi connectivity index (χ0) is 14.9. The summed E-state index contributed by atoms with van der Waals surface area (Å²) in [5.74, 6) is -0.0526. The second kappa shape index (κ2) is 5.35. The first-order valence-electron chi connectivity index (χ1n) is 7.21. The summed E-state index contributed by atoms with van der Waals surface area (Å²) in [4.78, 5) is 18.6. The van der Waals surface area contributed by atoms with Crippen LogP contribution in [-0.4, -0.2) is 22.4 Å². The number of aromatic amines is 2. The van der Waals surface area contributed by atoms with Gasteiger partial charge in [0.25, 0.3) is 5.91 Å². The van der Waals surface area contributed by atoms with Crippen molar-refractivity contribution < 1.29 is 4.79 Å². The van der Waals surface area contributed by atoms with Crippen LogP contribution in [0.3, 0.4) is 0 Å². The average Bonchev–Trinajstić information content (AvgIpc) is 3.21. The van der Waals surface area contributed by atoms with Crippen LogP contribution in [0.15, 0.2) is 48.0 Å². The Balaban J connectivity index is 1.42. The Bertz CT molecular complexity index is 918. The minimum absolute atomic E-state index is 0.0526. The third-order valence-corrected chi connectivity index (χ3v) is 4.70. The van der Waals surface area contributed by atoms with Crippen LogP contribution in [0.4, 0.5) is 0 Å². The summed E-state index contributed by atoms with van der Waals surface area (Å²) in [5.41, 5.74) is 4.00. The molecule has 3 aromatic heterocycles. The maximum absolute atomic E-state index is 12.2. The van der Waals surface area contributed by atoms with Gasteiger partial charge < -0.3 is 15.3 Å².